The van der Waals surface area contributed by atoms with Gasteiger partial charge in [0.05, 0.1) is 11.4 Å². The van der Waals surface area contributed by atoms with Gasteiger partial charge in [-0.2, -0.15) is 0 Å². The Morgan fingerprint density at radius 2 is 0.700 bits per heavy atom. The van der Waals surface area contributed by atoms with Gasteiger partial charge in [-0.15, -0.1) is 0 Å². The van der Waals surface area contributed by atoms with E-state index in [4.69, 9.17) is 0 Å². The summed E-state index contributed by atoms with van der Waals surface area (Å²) in [5.41, 5.74) is 2.45. The monoisotopic (exact) mass is 670 g/mol. The molecule has 4 aromatic carbocycles. The van der Waals surface area contributed by atoms with Crippen molar-refractivity contribution in [1.82, 2.24) is 9.80 Å². The number of urea groups is 2. The molecule has 0 spiro atoms. The van der Waals surface area contributed by atoms with E-state index in [-0.39, 0.29) is 25.9 Å². The summed E-state index contributed by atoms with van der Waals surface area (Å²) >= 11 is 0. The minimum atomic E-state index is -1.04. The Morgan fingerprint density at radius 3 is 1.04 bits per heavy atom. The molecule has 4 aromatic rings. The van der Waals surface area contributed by atoms with Crippen molar-refractivity contribution < 1.29 is 28.8 Å². The van der Waals surface area contributed by atoms with E-state index < -0.39 is 47.5 Å². The molecule has 0 N–H and O–H groups in total. The van der Waals surface area contributed by atoms with Gasteiger partial charge in [0.15, 0.2) is 0 Å². The summed E-state index contributed by atoms with van der Waals surface area (Å²) < 4.78 is 0. The molecule has 10 heteroatoms. The molecule has 2 fully saturated rings. The second-order valence-electron chi connectivity index (χ2n) is 12.5. The molecule has 2 aliphatic heterocycles. The largest absolute Gasteiger partial charge is 0.338 e. The highest BCUT2D eigenvalue weighted by molar-refractivity contribution is 6.28. The number of hydrogen-bond donors (Lipinski definition) is 0. The molecule has 2 heterocycles. The van der Waals surface area contributed by atoms with Crippen LogP contribution in [0.5, 0.6) is 0 Å². The average molecular weight is 671 g/mol. The second-order valence-corrected chi connectivity index (χ2v) is 12.5. The number of barbiturate groups is 2. The van der Waals surface area contributed by atoms with Gasteiger partial charge < -0.3 is 0 Å². The molecule has 0 bridgehead atoms. The Hall–Kier alpha value is -5.90. The molecule has 2 aliphatic rings. The van der Waals surface area contributed by atoms with Crippen molar-refractivity contribution in [2.45, 2.75) is 38.5 Å². The van der Waals surface area contributed by atoms with Gasteiger partial charge in [-0.05, 0) is 61.1 Å². The zero-order chi connectivity index (χ0) is 35.0. The predicted octanol–water partition coefficient (Wildman–Crippen LogP) is 6.26. The number of anilines is 2. The Balaban J connectivity index is 1.10. The minimum absolute atomic E-state index is 0.122. The molecule has 8 amide bonds. The number of para-hydroxylation sites is 2. The van der Waals surface area contributed by atoms with E-state index in [1.165, 1.54) is 0 Å². The maximum absolute atomic E-state index is 13.6. The first-order valence-electron chi connectivity index (χ1n) is 16.9. The first-order chi connectivity index (χ1) is 24.3. The van der Waals surface area contributed by atoms with Crippen LogP contribution in [-0.4, -0.2) is 58.6 Å². The van der Waals surface area contributed by atoms with E-state index >= 15 is 0 Å². The summed E-state index contributed by atoms with van der Waals surface area (Å²) in [5, 5.41) is 0. The van der Waals surface area contributed by atoms with E-state index in [2.05, 4.69) is 0 Å². The van der Waals surface area contributed by atoms with E-state index in [1.54, 1.807) is 60.7 Å². The fourth-order valence-electron chi connectivity index (χ4n) is 6.50. The van der Waals surface area contributed by atoms with Crippen LogP contribution in [0.3, 0.4) is 0 Å². The Kier molecular flexibility index (Phi) is 10.6. The van der Waals surface area contributed by atoms with Gasteiger partial charge in [-0.3, -0.25) is 29.0 Å². The van der Waals surface area contributed by atoms with Crippen molar-refractivity contribution >= 4 is 47.1 Å². The zero-order valence-electron chi connectivity index (χ0n) is 27.6. The van der Waals surface area contributed by atoms with Gasteiger partial charge in [0.1, 0.15) is 11.8 Å². The molecule has 50 heavy (non-hydrogen) atoms. The SMILES string of the molecule is O=C1C(Cc2ccccc2)C(=O)N(c2ccccc2)C(=O)N1CCCCCCN1C(=O)C(Cc2ccccc2)C(=O)N(c2ccccc2)C1=O. The Labute approximate surface area is 290 Å². The fourth-order valence-corrected chi connectivity index (χ4v) is 6.50. The van der Waals surface area contributed by atoms with E-state index in [9.17, 15) is 28.8 Å². The molecule has 254 valence electrons. The molecule has 10 nitrogen and oxygen atoms in total. The van der Waals surface area contributed by atoms with Gasteiger partial charge in [0.25, 0.3) is 0 Å². The minimum Gasteiger partial charge on any atom is -0.273 e. The summed E-state index contributed by atoms with van der Waals surface area (Å²) in [7, 11) is 0. The molecule has 0 radical (unpaired) electrons. The molecule has 2 unspecified atom stereocenters. The maximum atomic E-state index is 13.6. The van der Waals surface area contributed by atoms with Crippen LogP contribution >= 0.6 is 0 Å². The lowest BCUT2D eigenvalue weighted by molar-refractivity contribution is -0.142. The second kappa shape index (κ2) is 15.5. The van der Waals surface area contributed by atoms with Crippen molar-refractivity contribution in [3.8, 4) is 0 Å². The van der Waals surface area contributed by atoms with Crippen LogP contribution < -0.4 is 9.80 Å². The molecular weight excluding hydrogens is 632 g/mol. The highest BCUT2D eigenvalue weighted by Crippen LogP contribution is 2.29. The molecule has 0 saturated carbocycles. The number of hydrogen-bond acceptors (Lipinski definition) is 6. The van der Waals surface area contributed by atoms with Crippen molar-refractivity contribution in [3.63, 3.8) is 0 Å². The number of imide groups is 4. The smallest absolute Gasteiger partial charge is 0.273 e. The summed E-state index contributed by atoms with van der Waals surface area (Å²) in [6, 6.07) is 34.4. The summed E-state index contributed by atoms with van der Waals surface area (Å²) in [6.45, 7) is 0.243. The number of amides is 8. The quantitative estimate of drug-likeness (QED) is 0.123. The van der Waals surface area contributed by atoms with Gasteiger partial charge >= 0.3 is 12.1 Å². The van der Waals surface area contributed by atoms with Crippen LogP contribution in [0.2, 0.25) is 0 Å². The topological polar surface area (TPSA) is 115 Å². The summed E-state index contributed by atoms with van der Waals surface area (Å²) in [4.78, 5) is 86.0. The van der Waals surface area contributed by atoms with Crippen molar-refractivity contribution in [1.29, 1.82) is 0 Å². The zero-order valence-corrected chi connectivity index (χ0v) is 27.6. The van der Waals surface area contributed by atoms with Crippen LogP contribution in [-0.2, 0) is 32.0 Å². The average Bonchev–Trinajstić information content (AvgIpc) is 3.14. The van der Waals surface area contributed by atoms with Crippen LogP contribution in [0.4, 0.5) is 21.0 Å². The number of carbonyl (C=O) groups is 6. The Morgan fingerprint density at radius 1 is 0.380 bits per heavy atom. The predicted molar refractivity (Wildman–Crippen MR) is 188 cm³/mol. The first kappa shape index (κ1) is 34.0. The van der Waals surface area contributed by atoms with Crippen LogP contribution in [0, 0.1) is 11.8 Å². The van der Waals surface area contributed by atoms with Crippen molar-refractivity contribution in [3.05, 3.63) is 132 Å². The summed E-state index contributed by atoms with van der Waals surface area (Å²) in [5.74, 6) is -4.20. The third kappa shape index (κ3) is 7.24. The number of carbonyl (C=O) groups excluding carboxylic acids is 6. The number of rotatable bonds is 13. The van der Waals surface area contributed by atoms with E-state index in [1.807, 2.05) is 60.7 Å². The molecule has 0 aliphatic carbocycles. The van der Waals surface area contributed by atoms with Gasteiger partial charge in [0, 0.05) is 13.1 Å². The lowest BCUT2D eigenvalue weighted by Gasteiger charge is -2.37. The fraction of sp³-hybridized carbons (Fsp3) is 0.250. The van der Waals surface area contributed by atoms with Gasteiger partial charge in [-0.25, -0.2) is 19.4 Å². The number of benzene rings is 4. The molecule has 6 rings (SSSR count). The molecule has 0 aromatic heterocycles. The highest BCUT2D eigenvalue weighted by Gasteiger charge is 2.47. The highest BCUT2D eigenvalue weighted by atomic mass is 16.2. The third-order valence-electron chi connectivity index (χ3n) is 9.12. The third-order valence-corrected chi connectivity index (χ3v) is 9.12. The molecule has 2 atom stereocenters. The van der Waals surface area contributed by atoms with Crippen LogP contribution in [0.15, 0.2) is 121 Å². The van der Waals surface area contributed by atoms with Gasteiger partial charge in [0.2, 0.25) is 23.6 Å². The normalized spacial score (nSPS) is 18.3. The molecule has 2 saturated heterocycles. The van der Waals surface area contributed by atoms with Crippen LogP contribution in [0.1, 0.15) is 36.8 Å². The maximum Gasteiger partial charge on any atom is 0.338 e. The number of unbranched alkanes of at least 4 members (excludes halogenated alkanes) is 3. The first-order valence-corrected chi connectivity index (χ1v) is 16.9. The lowest BCUT2D eigenvalue weighted by atomic mass is 9.94. The van der Waals surface area contributed by atoms with Crippen molar-refractivity contribution in [2.24, 2.45) is 11.8 Å². The Bertz CT molecular complexity index is 1720. The number of nitrogens with zero attached hydrogens (tertiary/aromatic N) is 4. The van der Waals surface area contributed by atoms with Crippen molar-refractivity contribution in [2.75, 3.05) is 22.9 Å². The van der Waals surface area contributed by atoms with E-state index in [0.717, 1.165) is 30.7 Å². The van der Waals surface area contributed by atoms with Crippen LogP contribution in [0.25, 0.3) is 0 Å². The van der Waals surface area contributed by atoms with E-state index in [0.29, 0.717) is 37.1 Å². The van der Waals surface area contributed by atoms with Gasteiger partial charge in [-0.1, -0.05) is 110 Å². The summed E-state index contributed by atoms with van der Waals surface area (Å²) in [6.07, 6.45) is 2.50. The molecular formula is C40H38N4O6. The standard InChI is InChI=1S/C40H38N4O6/c45-35-33(27-29-17-7-3-8-18-29)37(47)43(31-21-11-5-12-22-31)39(49)41(35)25-15-1-2-16-26-42-36(46)34(28-30-19-9-4-10-20-30)38(48)44(40(42)50)32-23-13-6-14-24-32/h3-14,17-24,33-34H,1-2,15-16,25-28H2. The lowest BCUT2D eigenvalue weighted by Crippen LogP contribution is -2.60.